The fourth-order valence-electron chi connectivity index (χ4n) is 18.9. The molecule has 17 nitrogen and oxygen atoms in total. The molecule has 4 bridgehead atoms. The number of carbonyl (C=O) groups excluding carboxylic acids is 4. The zero-order valence-corrected chi connectivity index (χ0v) is 50.4. The summed E-state index contributed by atoms with van der Waals surface area (Å²) in [5.41, 5.74) is 6.17. The van der Waals surface area contributed by atoms with Crippen molar-refractivity contribution in [1.82, 2.24) is 19.6 Å². The topological polar surface area (TPSA) is 201 Å². The number of ether oxygens (including phenoxy) is 4. The van der Waals surface area contributed by atoms with Crippen molar-refractivity contribution in [3.05, 3.63) is 186 Å². The molecule has 4 heterocycles. The predicted octanol–water partition coefficient (Wildman–Crippen LogP) is 10.6. The van der Waals surface area contributed by atoms with Gasteiger partial charge in [-0.2, -0.15) is 0 Å². The standard InChI is InChI=1S/C31H31ClN2O4.C20H19ClN2O5.C17H17NO3/c1-17-11-12-19-24-25(17)38-27-22(14-13-20-26-31(19,33(26)2)16-29(20,24)27)37-28(36)34(3)30(15-7-6-10-23(30)35)18-8-4-5-9-21(18)32;1-22(19(25)28-15-11-9-14(10-12-15)23(26)27)20(13-5-4-8-18(20)24)16-6-2-3-7-17(16)21;1-18-14-10-4-5-11(20)15-16(10)7-17(14,18)9-3-2-8(6-19)13(21-15)12(9)16/h4-5,8-9,11-14,20,22,26-27H,6-7,10,15-16H2,1-3H3;2-3,6-7,9-12H,4-5,8,13H2,1H3;2-5,10-11,14-15,19-20H,6-7H2,1H3/t20-,22-,26-,27-,29-,30?,31-,33?;;10?,11-,14-,15-,16-,17-,18?/m0.0/s1. The van der Waals surface area contributed by atoms with Gasteiger partial charge >= 0.3 is 12.2 Å². The fourth-order valence-corrected chi connectivity index (χ4v) is 19.5. The number of rotatable bonds is 8. The molecule has 2 N–H and O–H groups in total. The number of carbonyl (C=O) groups is 4. The molecule has 8 aliphatic carbocycles. The molecule has 5 aromatic carbocycles. The molecule has 5 unspecified atom stereocenters. The number of likely N-dealkylation sites (tertiary alicyclic amines) is 2. The second kappa shape index (κ2) is 19.4. The summed E-state index contributed by atoms with van der Waals surface area (Å²) < 4.78 is 24.6. The Hall–Kier alpha value is -7.12. The highest BCUT2D eigenvalue weighted by Gasteiger charge is 2.86. The Balaban J connectivity index is 0.000000115. The Bertz CT molecular complexity index is 3900. The molecule has 0 radical (unpaired) electrons. The molecule has 450 valence electrons. The minimum atomic E-state index is -1.20. The lowest BCUT2D eigenvalue weighted by molar-refractivity contribution is -0.384. The number of hydrogen-bond donors (Lipinski definition) is 2. The second-order valence-electron chi connectivity index (χ2n) is 26.1. The summed E-state index contributed by atoms with van der Waals surface area (Å²) in [6.07, 6.45) is 12.6. The number of nitrogens with zero attached hydrogens (tertiary/aromatic N) is 5. The molecular formula is C68H67Cl2N5O12. The van der Waals surface area contributed by atoms with Crippen LogP contribution in [0.25, 0.3) is 0 Å². The van der Waals surface area contributed by atoms with Gasteiger partial charge in [-0.1, -0.05) is 102 Å². The van der Waals surface area contributed by atoms with Gasteiger partial charge in [-0.3, -0.25) is 39.3 Å². The van der Waals surface area contributed by atoms with Crippen LogP contribution in [-0.4, -0.2) is 123 Å². The number of piperidine rings is 2. The molecule has 87 heavy (non-hydrogen) atoms. The lowest BCUT2D eigenvalue weighted by Gasteiger charge is -2.45. The largest absolute Gasteiger partial charge is 0.486 e. The summed E-state index contributed by atoms with van der Waals surface area (Å²) in [5.74, 6) is 2.67. The first-order chi connectivity index (χ1) is 41.8. The number of halogens is 2. The van der Waals surface area contributed by atoms with E-state index >= 15 is 0 Å². The average Bonchev–Trinajstić information content (AvgIpc) is 1.45. The molecule has 5 aromatic rings. The van der Waals surface area contributed by atoms with Crippen molar-refractivity contribution in [2.24, 2.45) is 11.8 Å². The zero-order chi connectivity index (χ0) is 60.6. The highest BCUT2D eigenvalue weighted by Crippen LogP contribution is 2.81. The number of non-ortho nitro benzene ring substituents is 1. The summed E-state index contributed by atoms with van der Waals surface area (Å²) in [6, 6.07) is 29.2. The van der Waals surface area contributed by atoms with Crippen molar-refractivity contribution >= 4 is 52.6 Å². The van der Waals surface area contributed by atoms with Gasteiger partial charge in [0.2, 0.25) is 0 Å². The van der Waals surface area contributed by atoms with E-state index in [2.05, 4.69) is 61.2 Å². The third-order valence-electron chi connectivity index (χ3n) is 22.8. The van der Waals surface area contributed by atoms with Gasteiger partial charge in [0.15, 0.2) is 17.7 Å². The number of fused-ring (bicyclic) bond motifs is 2. The second-order valence-corrected chi connectivity index (χ2v) is 26.9. The van der Waals surface area contributed by atoms with Crippen molar-refractivity contribution in [1.29, 1.82) is 0 Å². The third kappa shape index (κ3) is 7.18. The van der Waals surface area contributed by atoms with E-state index in [4.69, 9.17) is 42.1 Å². The highest BCUT2D eigenvalue weighted by atomic mass is 35.5. The van der Waals surface area contributed by atoms with E-state index in [-0.39, 0.29) is 63.7 Å². The van der Waals surface area contributed by atoms with Crippen LogP contribution in [0.2, 0.25) is 10.0 Å². The Morgan fingerprint density at radius 3 is 1.75 bits per heavy atom. The summed E-state index contributed by atoms with van der Waals surface area (Å²) >= 11 is 13.0. The minimum absolute atomic E-state index is 0.00806. The number of ketones is 2. The molecule has 6 fully saturated rings. The first kappa shape index (κ1) is 56.4. The number of aliphatic hydroxyl groups excluding tert-OH is 2. The van der Waals surface area contributed by atoms with Gasteiger partial charge in [0.05, 0.1) is 28.0 Å². The Labute approximate surface area is 513 Å². The molecule has 16 atom stereocenters. The quantitative estimate of drug-likeness (QED) is 0.0643. The number of nitro groups is 1. The van der Waals surface area contributed by atoms with Crippen molar-refractivity contribution < 1.29 is 53.3 Å². The van der Waals surface area contributed by atoms with Crippen molar-refractivity contribution in [3.8, 4) is 17.2 Å². The first-order valence-electron chi connectivity index (χ1n) is 30.3. The first-order valence-corrected chi connectivity index (χ1v) is 31.0. The molecule has 0 aromatic heterocycles. The summed E-state index contributed by atoms with van der Waals surface area (Å²) in [5, 5.41) is 31.7. The Morgan fingerprint density at radius 1 is 0.678 bits per heavy atom. The molecule has 17 rings (SSSR count). The number of aliphatic hydroxyl groups is 2. The van der Waals surface area contributed by atoms with Gasteiger partial charge in [0, 0.05) is 106 Å². The molecule has 4 saturated carbocycles. The lowest BCUT2D eigenvalue weighted by Crippen LogP contribution is -2.57. The van der Waals surface area contributed by atoms with Gasteiger partial charge in [-0.05, 0) is 119 Å². The third-order valence-corrected chi connectivity index (χ3v) is 23.5. The Kier molecular flexibility index (Phi) is 12.6. The summed E-state index contributed by atoms with van der Waals surface area (Å²) in [6.45, 7) is 2.09. The van der Waals surface area contributed by atoms with E-state index in [9.17, 15) is 39.5 Å². The van der Waals surface area contributed by atoms with Crippen LogP contribution in [0.15, 0.2) is 121 Å². The van der Waals surface area contributed by atoms with Gasteiger partial charge in [0.1, 0.15) is 46.6 Å². The van der Waals surface area contributed by atoms with Crippen LogP contribution < -0.4 is 14.2 Å². The molecule has 19 heteroatoms. The lowest BCUT2D eigenvalue weighted by atomic mass is 9.64. The number of aryl methyl sites for hydroxylation is 1. The van der Waals surface area contributed by atoms with Crippen LogP contribution in [0, 0.1) is 28.9 Å². The number of likely N-dealkylation sites (N-methyl/N-ethyl adjacent to an activating group) is 4. The molecule has 4 spiro atoms. The molecule has 2 amide bonds. The Morgan fingerprint density at radius 2 is 1.20 bits per heavy atom. The van der Waals surface area contributed by atoms with Gasteiger partial charge in [-0.25, -0.2) is 9.59 Å². The van der Waals surface area contributed by atoms with Crippen molar-refractivity contribution in [3.63, 3.8) is 0 Å². The zero-order valence-electron chi connectivity index (χ0n) is 48.9. The van der Waals surface area contributed by atoms with E-state index in [1.165, 1.54) is 63.4 Å². The van der Waals surface area contributed by atoms with Crippen LogP contribution >= 0.6 is 23.2 Å². The van der Waals surface area contributed by atoms with E-state index in [0.717, 1.165) is 61.2 Å². The van der Waals surface area contributed by atoms with Crippen LogP contribution in [0.5, 0.6) is 17.2 Å². The van der Waals surface area contributed by atoms with Crippen molar-refractivity contribution in [2.45, 2.75) is 147 Å². The summed E-state index contributed by atoms with van der Waals surface area (Å²) in [7, 11) is 7.63. The molecular weight excluding hydrogens is 1150 g/mol. The monoisotopic (exact) mass is 1220 g/mol. The van der Waals surface area contributed by atoms with E-state index < -0.39 is 40.4 Å². The maximum Gasteiger partial charge on any atom is 0.416 e. The predicted molar refractivity (Wildman–Crippen MR) is 321 cm³/mol. The number of Topliss-reactive ketones (excluding diaryl/α,β-unsaturated/α-hetero) is 2. The minimum Gasteiger partial charge on any atom is -0.486 e. The maximum absolute atomic E-state index is 13.9. The van der Waals surface area contributed by atoms with E-state index in [1.54, 1.807) is 37.4 Å². The van der Waals surface area contributed by atoms with Crippen LogP contribution in [0.1, 0.15) is 109 Å². The number of nitro benzene ring substituents is 1. The number of benzene rings is 5. The average molecular weight is 1220 g/mol. The van der Waals surface area contributed by atoms with Gasteiger partial charge in [0.25, 0.3) is 5.69 Å². The van der Waals surface area contributed by atoms with Gasteiger partial charge < -0.3 is 29.2 Å². The number of amides is 2. The smallest absolute Gasteiger partial charge is 0.416 e. The summed E-state index contributed by atoms with van der Waals surface area (Å²) in [4.78, 5) is 71.3. The maximum atomic E-state index is 13.9. The van der Waals surface area contributed by atoms with Crippen LogP contribution in [0.4, 0.5) is 15.3 Å². The normalized spacial score (nSPS) is 36.5. The van der Waals surface area contributed by atoms with E-state index in [0.29, 0.717) is 70.8 Å². The van der Waals surface area contributed by atoms with Crippen LogP contribution in [-0.2, 0) is 53.9 Å². The molecule has 4 aliphatic heterocycles. The van der Waals surface area contributed by atoms with Crippen LogP contribution in [0.3, 0.4) is 0 Å². The SMILES string of the molecule is CN(C(=O)Oc1ccc([N+](=O)[O-])cc1)C1(c2ccccc2Cl)CCCCC1=O.CN1[C@H]2C3C=C[C@H](O)[C@@H]4Oc5c(CO)ccc6c5[C@]34C[C@]621.Cc1ccc2c3c1O[C@H]1[C@@H](OC(=O)N(C)C4(c5ccccc5Cl)CCCCC4=O)C=C[C@H]4[C@@H]5N(C)[C@@]25C[C@@]341. The van der Waals surface area contributed by atoms with E-state index in [1.807, 2.05) is 36.4 Å². The van der Waals surface area contributed by atoms with Gasteiger partial charge in [-0.15, -0.1) is 0 Å². The molecule has 12 aliphatic rings. The van der Waals surface area contributed by atoms with Crippen molar-refractivity contribution in [2.75, 3.05) is 28.2 Å². The molecule has 2 saturated heterocycles. The fraction of sp³-hybridized carbons (Fsp3) is 0.441. The number of hydrogen-bond acceptors (Lipinski definition) is 14. The highest BCUT2D eigenvalue weighted by molar-refractivity contribution is 6.32.